The Morgan fingerprint density at radius 3 is 2.57 bits per heavy atom. The van der Waals surface area contributed by atoms with Crippen molar-refractivity contribution in [3.05, 3.63) is 81.6 Å². The predicted molar refractivity (Wildman–Crippen MR) is 168 cm³/mol. The standard InChI is InChI=1S/C30H34ClN7O3S/c1-20-5-4-6-24(31)28(20)35-29(40)25-18-32-30(42-25)38(19-22-7-9-23(41-3)10-8-22)27-17-26(33-21(2)34-27)37-13-11-36(12-14-37)15-16-39/h4-10,17-18,39H,11-16,19H2,1-3H3,(H,35,40). The van der Waals surface area contributed by atoms with Crippen LogP contribution in [0.4, 0.5) is 22.5 Å². The number of aliphatic hydroxyl groups excluding tert-OH is 1. The van der Waals surface area contributed by atoms with Crippen molar-refractivity contribution >= 4 is 51.3 Å². The van der Waals surface area contributed by atoms with E-state index >= 15 is 0 Å². The molecule has 0 unspecified atom stereocenters. The number of rotatable bonds is 10. The first-order valence-electron chi connectivity index (χ1n) is 13.7. The van der Waals surface area contributed by atoms with Crippen LogP contribution in [0.5, 0.6) is 5.75 Å². The van der Waals surface area contributed by atoms with Crippen LogP contribution in [0.3, 0.4) is 0 Å². The van der Waals surface area contributed by atoms with E-state index in [4.69, 9.17) is 26.3 Å². The number of aromatic nitrogens is 3. The highest BCUT2D eigenvalue weighted by Crippen LogP contribution is 2.33. The summed E-state index contributed by atoms with van der Waals surface area (Å²) < 4.78 is 5.34. The zero-order valence-corrected chi connectivity index (χ0v) is 25.5. The van der Waals surface area contributed by atoms with E-state index in [1.54, 1.807) is 19.4 Å². The number of carbonyl (C=O) groups excluding carboxylic acids is 1. The third kappa shape index (κ3) is 6.99. The van der Waals surface area contributed by atoms with Gasteiger partial charge in [-0.05, 0) is 43.2 Å². The van der Waals surface area contributed by atoms with Crippen LogP contribution in [0.25, 0.3) is 0 Å². The predicted octanol–water partition coefficient (Wildman–Crippen LogP) is 4.92. The van der Waals surface area contributed by atoms with Crippen LogP contribution in [0.1, 0.15) is 26.6 Å². The molecule has 0 bridgehead atoms. The molecular weight excluding hydrogens is 574 g/mol. The minimum absolute atomic E-state index is 0.156. The first-order chi connectivity index (χ1) is 20.3. The summed E-state index contributed by atoms with van der Waals surface area (Å²) in [4.78, 5) is 34.4. The van der Waals surface area contributed by atoms with E-state index in [0.29, 0.717) is 45.5 Å². The van der Waals surface area contributed by atoms with Crippen molar-refractivity contribution < 1.29 is 14.6 Å². The highest BCUT2D eigenvalue weighted by molar-refractivity contribution is 7.17. The lowest BCUT2D eigenvalue weighted by molar-refractivity contribution is 0.103. The Kier molecular flexibility index (Phi) is 9.53. The number of halogens is 1. The number of hydrogen-bond donors (Lipinski definition) is 2. The lowest BCUT2D eigenvalue weighted by atomic mass is 10.2. The number of benzene rings is 2. The Balaban J connectivity index is 1.45. The minimum atomic E-state index is -0.278. The van der Waals surface area contributed by atoms with Gasteiger partial charge in [-0.25, -0.2) is 15.0 Å². The lowest BCUT2D eigenvalue weighted by Gasteiger charge is -2.35. The summed E-state index contributed by atoms with van der Waals surface area (Å²) in [6, 6.07) is 15.3. The molecule has 0 atom stereocenters. The average molecular weight is 608 g/mol. The van der Waals surface area contributed by atoms with Gasteiger partial charge in [0.15, 0.2) is 5.13 Å². The Morgan fingerprint density at radius 2 is 1.88 bits per heavy atom. The second-order valence-corrected chi connectivity index (χ2v) is 11.4. The molecule has 3 heterocycles. The van der Waals surface area contributed by atoms with Crippen molar-refractivity contribution in [2.45, 2.75) is 20.4 Å². The Morgan fingerprint density at radius 1 is 1.12 bits per heavy atom. The first-order valence-corrected chi connectivity index (χ1v) is 14.9. The number of nitrogens with zero attached hydrogens (tertiary/aromatic N) is 6. The second kappa shape index (κ2) is 13.5. The maximum atomic E-state index is 13.2. The molecule has 1 aliphatic heterocycles. The van der Waals surface area contributed by atoms with Gasteiger partial charge in [-0.15, -0.1) is 0 Å². The number of aryl methyl sites for hydroxylation is 2. The van der Waals surface area contributed by atoms with E-state index in [9.17, 15) is 9.90 Å². The Bertz CT molecular complexity index is 1500. The van der Waals surface area contributed by atoms with Gasteiger partial charge in [0.05, 0.1) is 37.2 Å². The number of methoxy groups -OCH3 is 1. The fraction of sp³-hybridized carbons (Fsp3) is 0.333. The molecule has 0 spiro atoms. The number of para-hydroxylation sites is 1. The van der Waals surface area contributed by atoms with E-state index in [-0.39, 0.29) is 12.5 Å². The number of nitrogens with one attached hydrogen (secondary N) is 1. The fourth-order valence-electron chi connectivity index (χ4n) is 4.80. The van der Waals surface area contributed by atoms with Crippen LogP contribution in [0, 0.1) is 13.8 Å². The van der Waals surface area contributed by atoms with Crippen LogP contribution in [-0.4, -0.2) is 77.3 Å². The van der Waals surface area contributed by atoms with Gasteiger partial charge >= 0.3 is 0 Å². The highest BCUT2D eigenvalue weighted by Gasteiger charge is 2.23. The maximum absolute atomic E-state index is 13.2. The first kappa shape index (κ1) is 29.7. The summed E-state index contributed by atoms with van der Waals surface area (Å²) in [5.41, 5.74) is 2.49. The number of ether oxygens (including phenoxy) is 1. The second-order valence-electron chi connectivity index (χ2n) is 10.0. The topological polar surface area (TPSA) is 107 Å². The molecule has 1 amide bonds. The molecule has 2 aromatic heterocycles. The number of hydrogen-bond acceptors (Lipinski definition) is 10. The third-order valence-corrected chi connectivity index (χ3v) is 8.44. The molecule has 5 rings (SSSR count). The zero-order valence-electron chi connectivity index (χ0n) is 23.9. The van der Waals surface area contributed by atoms with Crippen LogP contribution in [-0.2, 0) is 6.54 Å². The van der Waals surface area contributed by atoms with Crippen LogP contribution >= 0.6 is 22.9 Å². The molecule has 1 saturated heterocycles. The Labute approximate surface area is 254 Å². The van der Waals surface area contributed by atoms with Crippen LogP contribution in [0.15, 0.2) is 54.7 Å². The number of carbonyl (C=O) groups is 1. The van der Waals surface area contributed by atoms with Gasteiger partial charge in [0.25, 0.3) is 5.91 Å². The van der Waals surface area contributed by atoms with E-state index in [0.717, 1.165) is 48.9 Å². The van der Waals surface area contributed by atoms with Gasteiger partial charge in [0.2, 0.25) is 0 Å². The summed E-state index contributed by atoms with van der Waals surface area (Å²) >= 11 is 7.64. The third-order valence-electron chi connectivity index (χ3n) is 7.11. The van der Waals surface area contributed by atoms with Crippen molar-refractivity contribution in [3.63, 3.8) is 0 Å². The maximum Gasteiger partial charge on any atom is 0.267 e. The van der Waals surface area contributed by atoms with Gasteiger partial charge in [0.1, 0.15) is 28.1 Å². The van der Waals surface area contributed by atoms with E-state index in [2.05, 4.69) is 20.1 Å². The number of β-amino-alcohol motifs (C(OH)–C–C–N with tert-alkyl or cyclic N) is 1. The number of piperazine rings is 1. The minimum Gasteiger partial charge on any atom is -0.497 e. The summed E-state index contributed by atoms with van der Waals surface area (Å²) in [5, 5.41) is 13.4. The molecule has 1 fully saturated rings. The van der Waals surface area contributed by atoms with Gasteiger partial charge in [-0.2, -0.15) is 0 Å². The van der Waals surface area contributed by atoms with Gasteiger partial charge < -0.3 is 20.1 Å². The highest BCUT2D eigenvalue weighted by atomic mass is 35.5. The molecule has 0 aliphatic carbocycles. The monoisotopic (exact) mass is 607 g/mol. The largest absolute Gasteiger partial charge is 0.497 e. The summed E-state index contributed by atoms with van der Waals surface area (Å²) in [5.74, 6) is 2.66. The molecule has 2 N–H and O–H groups in total. The smallest absolute Gasteiger partial charge is 0.267 e. The molecule has 12 heteroatoms. The van der Waals surface area contributed by atoms with E-state index < -0.39 is 0 Å². The molecule has 220 valence electrons. The SMILES string of the molecule is COc1ccc(CN(c2cc(N3CCN(CCO)CC3)nc(C)n2)c2ncc(C(=O)Nc3c(C)cccc3Cl)s2)cc1. The normalized spacial score (nSPS) is 13.7. The summed E-state index contributed by atoms with van der Waals surface area (Å²) in [6.07, 6.45) is 1.58. The number of aliphatic hydroxyl groups is 1. The number of amides is 1. The van der Waals surface area contributed by atoms with E-state index in [1.807, 2.05) is 61.2 Å². The molecule has 0 saturated carbocycles. The van der Waals surface area contributed by atoms with Crippen molar-refractivity contribution in [1.29, 1.82) is 0 Å². The lowest BCUT2D eigenvalue weighted by Crippen LogP contribution is -2.47. The molecule has 1 aliphatic rings. The zero-order chi connectivity index (χ0) is 29.6. The van der Waals surface area contributed by atoms with Gasteiger partial charge in [0, 0.05) is 38.8 Å². The fourth-order valence-corrected chi connectivity index (χ4v) is 5.89. The van der Waals surface area contributed by atoms with E-state index in [1.165, 1.54) is 11.3 Å². The number of anilines is 4. The summed E-state index contributed by atoms with van der Waals surface area (Å²) in [7, 11) is 1.64. The molecule has 42 heavy (non-hydrogen) atoms. The van der Waals surface area contributed by atoms with Crippen molar-refractivity contribution in [3.8, 4) is 5.75 Å². The van der Waals surface area contributed by atoms with Gasteiger partial charge in [-0.3, -0.25) is 14.6 Å². The average Bonchev–Trinajstić information content (AvgIpc) is 3.48. The quantitative estimate of drug-likeness (QED) is 0.260. The molecule has 2 aromatic carbocycles. The molecule has 10 nitrogen and oxygen atoms in total. The van der Waals surface area contributed by atoms with Crippen molar-refractivity contribution in [1.82, 2.24) is 19.9 Å². The van der Waals surface area contributed by atoms with Crippen LogP contribution in [0.2, 0.25) is 5.02 Å². The Hall–Kier alpha value is -3.77. The summed E-state index contributed by atoms with van der Waals surface area (Å²) in [6.45, 7) is 8.40. The molecule has 0 radical (unpaired) electrons. The van der Waals surface area contributed by atoms with Gasteiger partial charge in [-0.1, -0.05) is 47.2 Å². The number of thiazole rings is 1. The molecular formula is C30H34ClN7O3S. The van der Waals surface area contributed by atoms with Crippen LogP contribution < -0.4 is 19.9 Å². The molecule has 4 aromatic rings. The van der Waals surface area contributed by atoms with Crippen molar-refractivity contribution in [2.75, 3.05) is 61.6 Å². The van der Waals surface area contributed by atoms with Crippen molar-refractivity contribution in [2.24, 2.45) is 0 Å².